The van der Waals surface area contributed by atoms with Crippen LogP contribution in [0.2, 0.25) is 5.15 Å². The minimum absolute atomic E-state index is 0.166. The maximum Gasteiger partial charge on any atom is 0.345 e. The fourth-order valence-corrected chi connectivity index (χ4v) is 2.07. The van der Waals surface area contributed by atoms with Crippen LogP contribution in [0.5, 0.6) is 0 Å². The van der Waals surface area contributed by atoms with Gasteiger partial charge < -0.3 is 10.4 Å². The second-order valence-corrected chi connectivity index (χ2v) is 4.76. The van der Waals surface area contributed by atoms with Crippen molar-refractivity contribution in [1.29, 1.82) is 0 Å². The van der Waals surface area contributed by atoms with E-state index < -0.39 is 5.97 Å². The molecule has 2 N–H and O–H groups in total. The molecule has 0 atom stereocenters. The standard InChI is InChI=1S/C11H7ClN2O3S/c12-8-3-1-6(5-13-8)10(15)14-9-4-2-7(18-9)11(16)17/h1-5H,(H,14,15)(H,16,17). The maximum atomic E-state index is 11.8. The summed E-state index contributed by atoms with van der Waals surface area (Å²) >= 11 is 6.60. The van der Waals surface area contributed by atoms with Crippen molar-refractivity contribution >= 4 is 39.8 Å². The third-order valence-corrected chi connectivity index (χ3v) is 3.26. The topological polar surface area (TPSA) is 79.3 Å². The number of hydrogen-bond acceptors (Lipinski definition) is 4. The van der Waals surface area contributed by atoms with Gasteiger partial charge in [0.15, 0.2) is 0 Å². The lowest BCUT2D eigenvalue weighted by Crippen LogP contribution is -2.10. The molecule has 2 heterocycles. The molecule has 5 nitrogen and oxygen atoms in total. The molecule has 0 aromatic carbocycles. The summed E-state index contributed by atoms with van der Waals surface area (Å²) in [6.07, 6.45) is 1.35. The number of pyridine rings is 1. The summed E-state index contributed by atoms with van der Waals surface area (Å²) in [5.41, 5.74) is 0.352. The van der Waals surface area contributed by atoms with Gasteiger partial charge in [-0.15, -0.1) is 11.3 Å². The van der Waals surface area contributed by atoms with Crippen LogP contribution in [-0.2, 0) is 0 Å². The van der Waals surface area contributed by atoms with Crippen molar-refractivity contribution in [1.82, 2.24) is 4.98 Å². The number of anilines is 1. The van der Waals surface area contributed by atoms with Gasteiger partial charge >= 0.3 is 5.97 Å². The van der Waals surface area contributed by atoms with Crippen LogP contribution in [0.15, 0.2) is 30.5 Å². The predicted octanol–water partition coefficient (Wildman–Crippen LogP) is 2.75. The number of nitrogens with one attached hydrogen (secondary N) is 1. The highest BCUT2D eigenvalue weighted by atomic mass is 35.5. The Morgan fingerprint density at radius 2 is 2.06 bits per heavy atom. The smallest absolute Gasteiger partial charge is 0.345 e. The highest BCUT2D eigenvalue weighted by molar-refractivity contribution is 7.18. The molecule has 0 aliphatic rings. The minimum atomic E-state index is -1.02. The van der Waals surface area contributed by atoms with E-state index >= 15 is 0 Å². The molecule has 0 saturated heterocycles. The summed E-state index contributed by atoms with van der Waals surface area (Å²) in [7, 11) is 0. The number of aromatic carboxylic acids is 1. The summed E-state index contributed by atoms with van der Waals surface area (Å²) in [6.45, 7) is 0. The summed E-state index contributed by atoms with van der Waals surface area (Å²) in [6, 6.07) is 6.02. The largest absolute Gasteiger partial charge is 0.477 e. The van der Waals surface area contributed by atoms with E-state index in [4.69, 9.17) is 16.7 Å². The van der Waals surface area contributed by atoms with E-state index in [1.807, 2.05) is 0 Å². The van der Waals surface area contributed by atoms with Crippen molar-refractivity contribution in [2.75, 3.05) is 5.32 Å². The van der Waals surface area contributed by atoms with Gasteiger partial charge in [0.1, 0.15) is 10.0 Å². The van der Waals surface area contributed by atoms with Crippen molar-refractivity contribution in [3.05, 3.63) is 46.1 Å². The molecule has 2 rings (SSSR count). The molecule has 0 radical (unpaired) electrons. The molecular formula is C11H7ClN2O3S. The van der Waals surface area contributed by atoms with E-state index in [-0.39, 0.29) is 10.8 Å². The van der Waals surface area contributed by atoms with Crippen LogP contribution >= 0.6 is 22.9 Å². The van der Waals surface area contributed by atoms with E-state index in [1.165, 1.54) is 30.5 Å². The van der Waals surface area contributed by atoms with E-state index in [0.717, 1.165) is 11.3 Å². The molecule has 0 aliphatic carbocycles. The summed E-state index contributed by atoms with van der Waals surface area (Å²) < 4.78 is 0. The van der Waals surface area contributed by atoms with E-state index in [0.29, 0.717) is 15.7 Å². The van der Waals surface area contributed by atoms with Crippen molar-refractivity contribution in [3.8, 4) is 0 Å². The minimum Gasteiger partial charge on any atom is -0.477 e. The van der Waals surface area contributed by atoms with Gasteiger partial charge in [-0.1, -0.05) is 11.6 Å². The average molecular weight is 283 g/mol. The number of halogens is 1. The van der Waals surface area contributed by atoms with Crippen molar-refractivity contribution < 1.29 is 14.7 Å². The number of thiophene rings is 1. The van der Waals surface area contributed by atoms with E-state index in [9.17, 15) is 9.59 Å². The molecule has 0 unspecified atom stereocenters. The Kier molecular flexibility index (Phi) is 3.59. The first kappa shape index (κ1) is 12.5. The normalized spacial score (nSPS) is 10.1. The lowest BCUT2D eigenvalue weighted by Gasteiger charge is -2.01. The van der Waals surface area contributed by atoms with Gasteiger partial charge in [-0.3, -0.25) is 4.79 Å². The monoisotopic (exact) mass is 282 g/mol. The highest BCUT2D eigenvalue weighted by Crippen LogP contribution is 2.22. The molecule has 0 bridgehead atoms. The van der Waals surface area contributed by atoms with E-state index in [1.54, 1.807) is 0 Å². The van der Waals surface area contributed by atoms with Gasteiger partial charge in [-0.2, -0.15) is 0 Å². The highest BCUT2D eigenvalue weighted by Gasteiger charge is 2.10. The number of carboxylic acids is 1. The van der Waals surface area contributed by atoms with Crippen LogP contribution in [-0.4, -0.2) is 22.0 Å². The molecule has 0 aliphatic heterocycles. The van der Waals surface area contributed by atoms with Gasteiger partial charge in [0.05, 0.1) is 10.6 Å². The first-order chi connectivity index (χ1) is 8.56. The molecule has 92 valence electrons. The molecule has 2 aromatic rings. The zero-order valence-electron chi connectivity index (χ0n) is 8.88. The van der Waals surface area contributed by atoms with Gasteiger partial charge in [0, 0.05) is 6.20 Å². The Morgan fingerprint density at radius 3 is 2.61 bits per heavy atom. The van der Waals surface area contributed by atoms with Crippen LogP contribution in [0.1, 0.15) is 20.0 Å². The Morgan fingerprint density at radius 1 is 1.28 bits per heavy atom. The fourth-order valence-electron chi connectivity index (χ4n) is 1.21. The Bertz CT molecular complexity index is 595. The van der Waals surface area contributed by atoms with Gasteiger partial charge in [0.25, 0.3) is 5.91 Å². The zero-order valence-corrected chi connectivity index (χ0v) is 10.5. The molecule has 0 fully saturated rings. The zero-order chi connectivity index (χ0) is 13.1. The van der Waals surface area contributed by atoms with Crippen LogP contribution in [0.25, 0.3) is 0 Å². The number of aromatic nitrogens is 1. The van der Waals surface area contributed by atoms with Gasteiger partial charge in [-0.05, 0) is 24.3 Å². The van der Waals surface area contributed by atoms with Gasteiger partial charge in [-0.25, -0.2) is 9.78 Å². The van der Waals surface area contributed by atoms with Crippen LogP contribution in [0, 0.1) is 0 Å². The van der Waals surface area contributed by atoms with Crippen LogP contribution in [0.4, 0.5) is 5.00 Å². The first-order valence-corrected chi connectivity index (χ1v) is 6.02. The Labute approximate surface area is 111 Å². The molecule has 7 heteroatoms. The molecule has 2 aromatic heterocycles. The Balaban J connectivity index is 2.11. The number of hydrogen-bond donors (Lipinski definition) is 2. The number of amides is 1. The molecular weight excluding hydrogens is 276 g/mol. The quantitative estimate of drug-likeness (QED) is 0.849. The second kappa shape index (κ2) is 5.16. The first-order valence-electron chi connectivity index (χ1n) is 4.82. The lowest BCUT2D eigenvalue weighted by molar-refractivity contribution is 0.0702. The second-order valence-electron chi connectivity index (χ2n) is 3.29. The SMILES string of the molecule is O=C(Nc1ccc(C(=O)O)s1)c1ccc(Cl)nc1. The maximum absolute atomic E-state index is 11.8. The molecule has 0 spiro atoms. The molecule has 18 heavy (non-hydrogen) atoms. The molecule has 1 amide bonds. The van der Waals surface area contributed by atoms with Crippen molar-refractivity contribution in [2.45, 2.75) is 0 Å². The molecule has 0 saturated carbocycles. The number of carboxylic acid groups (broad SMARTS) is 1. The lowest BCUT2D eigenvalue weighted by atomic mass is 10.3. The van der Waals surface area contributed by atoms with Crippen LogP contribution < -0.4 is 5.32 Å². The van der Waals surface area contributed by atoms with Crippen molar-refractivity contribution in [3.63, 3.8) is 0 Å². The predicted molar refractivity (Wildman–Crippen MR) is 68.5 cm³/mol. The number of carbonyl (C=O) groups excluding carboxylic acids is 1. The average Bonchev–Trinajstić information content (AvgIpc) is 2.78. The fraction of sp³-hybridized carbons (Fsp3) is 0. The number of rotatable bonds is 3. The number of nitrogens with zero attached hydrogens (tertiary/aromatic N) is 1. The Hall–Kier alpha value is -1.92. The summed E-state index contributed by atoms with van der Waals surface area (Å²) in [5, 5.41) is 12.1. The van der Waals surface area contributed by atoms with Crippen LogP contribution in [0.3, 0.4) is 0 Å². The third-order valence-electron chi connectivity index (χ3n) is 2.04. The van der Waals surface area contributed by atoms with Gasteiger partial charge in [0.2, 0.25) is 0 Å². The van der Waals surface area contributed by atoms with Crippen molar-refractivity contribution in [2.24, 2.45) is 0 Å². The summed E-state index contributed by atoms with van der Waals surface area (Å²) in [4.78, 5) is 26.4. The van der Waals surface area contributed by atoms with E-state index in [2.05, 4.69) is 10.3 Å². The summed E-state index contributed by atoms with van der Waals surface area (Å²) in [5.74, 6) is -1.38. The number of carbonyl (C=O) groups is 2. The third kappa shape index (κ3) is 2.85.